The maximum absolute atomic E-state index is 4.86. The van der Waals surface area contributed by atoms with Gasteiger partial charge in [-0.05, 0) is 19.4 Å². The Hall–Kier alpha value is -1.23. The largest absolute Gasteiger partial charge is 0.466 e. The predicted molar refractivity (Wildman–Crippen MR) is 51.2 cm³/mol. The molecule has 1 aromatic rings. The summed E-state index contributed by atoms with van der Waals surface area (Å²) in [7, 11) is 1.54. The Morgan fingerprint density at radius 3 is 3.00 bits per heavy atom. The molecule has 2 heterocycles. The van der Waals surface area contributed by atoms with Crippen molar-refractivity contribution in [3.05, 3.63) is 11.9 Å². The fourth-order valence-electron chi connectivity index (χ4n) is 1.66. The van der Waals surface area contributed by atoms with Gasteiger partial charge in [0.2, 0.25) is 0 Å². The molecular weight excluding hydrogens is 180 g/mol. The monoisotopic (exact) mass is 194 g/mol. The quantitative estimate of drug-likeness (QED) is 0.736. The third kappa shape index (κ3) is 1.98. The van der Waals surface area contributed by atoms with Gasteiger partial charge in [-0.25, -0.2) is 4.98 Å². The molecule has 1 N–H and O–H groups in total. The second-order valence-corrected chi connectivity index (χ2v) is 3.41. The maximum Gasteiger partial charge on any atom is 0.335 e. The Morgan fingerprint density at radius 2 is 2.43 bits per heavy atom. The first kappa shape index (κ1) is 9.33. The highest BCUT2D eigenvalue weighted by Crippen LogP contribution is 2.20. The summed E-state index contributed by atoms with van der Waals surface area (Å²) >= 11 is 0. The minimum absolute atomic E-state index is 0.331. The van der Waals surface area contributed by atoms with Crippen LogP contribution < -0.4 is 10.1 Å². The minimum Gasteiger partial charge on any atom is -0.466 e. The fourth-order valence-corrected chi connectivity index (χ4v) is 1.66. The van der Waals surface area contributed by atoms with Gasteiger partial charge in [-0.15, -0.1) is 5.10 Å². The number of nitrogens with zero attached hydrogens (tertiary/aromatic N) is 3. The number of piperidine rings is 1. The summed E-state index contributed by atoms with van der Waals surface area (Å²) < 4.78 is 4.86. The smallest absolute Gasteiger partial charge is 0.335 e. The molecule has 1 aromatic heterocycles. The van der Waals surface area contributed by atoms with E-state index in [1.165, 1.54) is 6.42 Å². The lowest BCUT2D eigenvalue weighted by atomic mass is 9.97. The molecule has 0 aromatic carbocycles. The van der Waals surface area contributed by atoms with Crippen LogP contribution in [-0.4, -0.2) is 35.4 Å². The van der Waals surface area contributed by atoms with Crippen molar-refractivity contribution in [2.24, 2.45) is 0 Å². The second-order valence-electron chi connectivity index (χ2n) is 3.41. The van der Waals surface area contributed by atoms with Gasteiger partial charge in [-0.2, -0.15) is 0 Å². The zero-order valence-corrected chi connectivity index (χ0v) is 8.23. The predicted octanol–water partition coefficient (Wildman–Crippen LogP) is 0.347. The fraction of sp³-hybridized carbons (Fsp3) is 0.667. The van der Waals surface area contributed by atoms with Crippen molar-refractivity contribution >= 4 is 0 Å². The van der Waals surface area contributed by atoms with Gasteiger partial charge in [0.15, 0.2) is 0 Å². The highest BCUT2D eigenvalue weighted by Gasteiger charge is 2.17. The molecule has 1 aliphatic heterocycles. The summed E-state index contributed by atoms with van der Waals surface area (Å²) in [6.07, 6.45) is 4.11. The first-order valence-electron chi connectivity index (χ1n) is 4.84. The molecule has 1 unspecified atom stereocenters. The first-order valence-corrected chi connectivity index (χ1v) is 4.84. The molecule has 2 rings (SSSR count). The van der Waals surface area contributed by atoms with Crippen LogP contribution in [0.5, 0.6) is 6.01 Å². The molecule has 5 heteroatoms. The van der Waals surface area contributed by atoms with Gasteiger partial charge >= 0.3 is 6.01 Å². The highest BCUT2D eigenvalue weighted by atomic mass is 16.5. The summed E-state index contributed by atoms with van der Waals surface area (Å²) in [4.78, 5) is 4.05. The highest BCUT2D eigenvalue weighted by molar-refractivity contribution is 5.05. The van der Waals surface area contributed by atoms with Crippen LogP contribution in [0, 0.1) is 0 Å². The molecule has 14 heavy (non-hydrogen) atoms. The Bertz CT molecular complexity index is 281. The van der Waals surface area contributed by atoms with Gasteiger partial charge in [0.05, 0.1) is 19.0 Å². The second kappa shape index (κ2) is 4.32. The zero-order chi connectivity index (χ0) is 9.80. The molecule has 0 bridgehead atoms. The molecular formula is C9H14N4O. The molecule has 5 nitrogen and oxygen atoms in total. The van der Waals surface area contributed by atoms with Crippen molar-refractivity contribution in [2.75, 3.05) is 20.2 Å². The number of aromatic nitrogens is 3. The van der Waals surface area contributed by atoms with Crippen molar-refractivity contribution in [1.82, 2.24) is 20.5 Å². The van der Waals surface area contributed by atoms with Crippen molar-refractivity contribution in [2.45, 2.75) is 18.8 Å². The van der Waals surface area contributed by atoms with E-state index in [2.05, 4.69) is 20.5 Å². The van der Waals surface area contributed by atoms with Crippen LogP contribution in [0.25, 0.3) is 0 Å². The molecule has 1 aliphatic rings. The Labute approximate surface area is 82.9 Å². The molecule has 76 valence electrons. The lowest BCUT2D eigenvalue weighted by molar-refractivity contribution is 0.368. The summed E-state index contributed by atoms with van der Waals surface area (Å²) in [5.41, 5.74) is 0.956. The van der Waals surface area contributed by atoms with Gasteiger partial charge < -0.3 is 10.1 Å². The van der Waals surface area contributed by atoms with Crippen LogP contribution in [0.4, 0.5) is 0 Å². The summed E-state index contributed by atoms with van der Waals surface area (Å²) in [5, 5.41) is 11.3. The van der Waals surface area contributed by atoms with Crippen LogP contribution in [0.3, 0.4) is 0 Å². The van der Waals surface area contributed by atoms with Crippen molar-refractivity contribution in [1.29, 1.82) is 0 Å². The van der Waals surface area contributed by atoms with Gasteiger partial charge in [0.1, 0.15) is 0 Å². The summed E-state index contributed by atoms with van der Waals surface area (Å²) in [6.45, 7) is 2.08. The summed E-state index contributed by atoms with van der Waals surface area (Å²) in [5.74, 6) is 0.453. The van der Waals surface area contributed by atoms with Crippen molar-refractivity contribution in [3.63, 3.8) is 0 Å². The van der Waals surface area contributed by atoms with Crippen LogP contribution in [0.15, 0.2) is 6.20 Å². The van der Waals surface area contributed by atoms with Crippen molar-refractivity contribution < 1.29 is 4.74 Å². The molecule has 0 saturated carbocycles. The number of hydrogen-bond acceptors (Lipinski definition) is 5. The van der Waals surface area contributed by atoms with Gasteiger partial charge in [0, 0.05) is 12.5 Å². The van der Waals surface area contributed by atoms with E-state index in [9.17, 15) is 0 Å². The standard InChI is InChI=1S/C9H14N4O/c1-14-9-11-6-8(12-13-9)7-3-2-4-10-5-7/h6-7,10H,2-5H2,1H3. The van der Waals surface area contributed by atoms with E-state index in [-0.39, 0.29) is 0 Å². The normalized spacial score (nSPS) is 21.9. The van der Waals surface area contributed by atoms with E-state index in [0.717, 1.165) is 25.2 Å². The molecule has 1 atom stereocenters. The minimum atomic E-state index is 0.331. The lowest BCUT2D eigenvalue weighted by Crippen LogP contribution is -2.29. The first-order chi connectivity index (χ1) is 6.90. The van der Waals surface area contributed by atoms with Gasteiger partial charge in [0.25, 0.3) is 0 Å². The average molecular weight is 194 g/mol. The van der Waals surface area contributed by atoms with Gasteiger partial charge in [-0.1, -0.05) is 5.10 Å². The van der Waals surface area contributed by atoms with E-state index in [0.29, 0.717) is 11.9 Å². The molecule has 0 aliphatic carbocycles. The lowest BCUT2D eigenvalue weighted by Gasteiger charge is -2.21. The van der Waals surface area contributed by atoms with Crippen LogP contribution in [0.1, 0.15) is 24.5 Å². The van der Waals surface area contributed by atoms with Gasteiger partial charge in [-0.3, -0.25) is 0 Å². The zero-order valence-electron chi connectivity index (χ0n) is 8.23. The number of ether oxygens (including phenoxy) is 1. The Kier molecular flexibility index (Phi) is 2.88. The van der Waals surface area contributed by atoms with Crippen LogP contribution in [-0.2, 0) is 0 Å². The third-order valence-electron chi connectivity index (χ3n) is 2.46. The third-order valence-corrected chi connectivity index (χ3v) is 2.46. The van der Waals surface area contributed by atoms with E-state index >= 15 is 0 Å². The Balaban J connectivity index is 2.07. The molecule has 1 fully saturated rings. The van der Waals surface area contributed by atoms with E-state index < -0.39 is 0 Å². The average Bonchev–Trinajstić information content (AvgIpc) is 2.30. The molecule has 0 spiro atoms. The molecule has 0 amide bonds. The topological polar surface area (TPSA) is 59.9 Å². The molecule has 1 saturated heterocycles. The van der Waals surface area contributed by atoms with E-state index in [1.54, 1.807) is 13.3 Å². The number of hydrogen-bond donors (Lipinski definition) is 1. The van der Waals surface area contributed by atoms with E-state index in [1.807, 2.05) is 0 Å². The van der Waals surface area contributed by atoms with E-state index in [4.69, 9.17) is 4.74 Å². The molecule has 0 radical (unpaired) electrons. The van der Waals surface area contributed by atoms with Crippen molar-refractivity contribution in [3.8, 4) is 6.01 Å². The number of nitrogens with one attached hydrogen (secondary N) is 1. The maximum atomic E-state index is 4.86. The summed E-state index contributed by atoms with van der Waals surface area (Å²) in [6, 6.07) is 0.331. The van der Waals surface area contributed by atoms with Crippen LogP contribution >= 0.6 is 0 Å². The Morgan fingerprint density at radius 1 is 1.50 bits per heavy atom. The SMILES string of the molecule is COc1ncc(C2CCCNC2)nn1. The number of rotatable bonds is 2. The number of methoxy groups -OCH3 is 1. The van der Waals surface area contributed by atoms with Crippen LogP contribution in [0.2, 0.25) is 0 Å².